The van der Waals surface area contributed by atoms with Gasteiger partial charge in [-0.05, 0) is 37.2 Å². The zero-order valence-electron chi connectivity index (χ0n) is 11.5. The third-order valence-corrected chi connectivity index (χ3v) is 4.50. The van der Waals surface area contributed by atoms with Crippen LogP contribution in [0.25, 0.3) is 0 Å². The Morgan fingerprint density at radius 3 is 2.25 bits per heavy atom. The molecule has 4 nitrogen and oxygen atoms in total. The van der Waals surface area contributed by atoms with Gasteiger partial charge in [-0.3, -0.25) is 10.1 Å². The molecular weight excluding hydrogens is 299 g/mol. The summed E-state index contributed by atoms with van der Waals surface area (Å²) in [5.41, 5.74) is 0.431. The molecule has 1 fully saturated rings. The lowest BCUT2D eigenvalue weighted by Crippen LogP contribution is -2.30. The fourth-order valence-corrected chi connectivity index (χ4v) is 3.41. The highest BCUT2D eigenvalue weighted by Gasteiger charge is 2.26. The van der Waals surface area contributed by atoms with Crippen molar-refractivity contribution in [2.75, 3.05) is 5.32 Å². The summed E-state index contributed by atoms with van der Waals surface area (Å²) in [5.74, 6) is 1.25. The molecule has 0 radical (unpaired) electrons. The van der Waals surface area contributed by atoms with Crippen LogP contribution in [0.15, 0.2) is 12.1 Å². The van der Waals surface area contributed by atoms with E-state index in [1.165, 1.54) is 12.5 Å². The number of rotatable bonds is 3. The molecule has 0 spiro atoms. The van der Waals surface area contributed by atoms with Crippen molar-refractivity contribution >= 4 is 34.6 Å². The molecule has 1 N–H and O–H groups in total. The maximum Gasteiger partial charge on any atom is 0.293 e. The Labute approximate surface area is 128 Å². The van der Waals surface area contributed by atoms with Crippen LogP contribution < -0.4 is 5.32 Å². The van der Waals surface area contributed by atoms with Gasteiger partial charge in [-0.15, -0.1) is 0 Å². The van der Waals surface area contributed by atoms with E-state index in [-0.39, 0.29) is 16.8 Å². The van der Waals surface area contributed by atoms with E-state index in [9.17, 15) is 10.1 Å². The number of hydrogen-bond donors (Lipinski definition) is 1. The molecule has 0 amide bonds. The number of anilines is 1. The molecule has 6 heteroatoms. The number of halogens is 2. The highest BCUT2D eigenvalue weighted by molar-refractivity contribution is 6.42. The number of nitrogens with zero attached hydrogens (tertiary/aromatic N) is 1. The van der Waals surface area contributed by atoms with E-state index < -0.39 is 4.92 Å². The highest BCUT2D eigenvalue weighted by Crippen LogP contribution is 2.37. The first-order valence-corrected chi connectivity index (χ1v) is 7.52. The van der Waals surface area contributed by atoms with Gasteiger partial charge in [0.1, 0.15) is 5.69 Å². The van der Waals surface area contributed by atoms with E-state index in [1.54, 1.807) is 6.07 Å². The van der Waals surface area contributed by atoms with Gasteiger partial charge in [0.25, 0.3) is 5.69 Å². The van der Waals surface area contributed by atoms with Crippen LogP contribution in [0.5, 0.6) is 0 Å². The van der Waals surface area contributed by atoms with Crippen molar-refractivity contribution in [3.05, 3.63) is 32.3 Å². The van der Waals surface area contributed by atoms with Gasteiger partial charge in [0.2, 0.25) is 0 Å². The molecule has 1 aliphatic rings. The average molecular weight is 317 g/mol. The molecular formula is C14H18Cl2N2O2. The van der Waals surface area contributed by atoms with Crippen molar-refractivity contribution in [3.63, 3.8) is 0 Å². The van der Waals surface area contributed by atoms with Gasteiger partial charge >= 0.3 is 0 Å². The van der Waals surface area contributed by atoms with Crippen LogP contribution in [0.3, 0.4) is 0 Å². The number of nitro benzene ring substituents is 1. The molecule has 0 saturated heterocycles. The van der Waals surface area contributed by atoms with Gasteiger partial charge in [0.05, 0.1) is 15.0 Å². The van der Waals surface area contributed by atoms with Crippen LogP contribution in [0, 0.1) is 22.0 Å². The zero-order chi connectivity index (χ0) is 14.9. The van der Waals surface area contributed by atoms with E-state index in [0.717, 1.165) is 12.8 Å². The van der Waals surface area contributed by atoms with Crippen LogP contribution >= 0.6 is 23.2 Å². The third kappa shape index (κ3) is 3.55. The summed E-state index contributed by atoms with van der Waals surface area (Å²) in [6, 6.07) is 3.10. The van der Waals surface area contributed by atoms with E-state index in [0.29, 0.717) is 22.5 Å². The topological polar surface area (TPSA) is 55.2 Å². The van der Waals surface area contributed by atoms with Crippen molar-refractivity contribution < 1.29 is 4.92 Å². The van der Waals surface area contributed by atoms with Crippen LogP contribution in [-0.4, -0.2) is 11.0 Å². The molecule has 0 aromatic heterocycles. The molecule has 0 bridgehead atoms. The SMILES string of the molecule is CC1CC(C)CC(Nc2cc(Cl)c(Cl)cc2[N+](=O)[O-])C1. The largest absolute Gasteiger partial charge is 0.377 e. The Bertz CT molecular complexity index is 512. The molecule has 0 aliphatic heterocycles. The minimum atomic E-state index is -0.430. The van der Waals surface area contributed by atoms with Gasteiger partial charge in [-0.1, -0.05) is 37.0 Å². The van der Waals surface area contributed by atoms with Gasteiger partial charge in [-0.25, -0.2) is 0 Å². The maximum absolute atomic E-state index is 11.1. The predicted molar refractivity (Wildman–Crippen MR) is 82.7 cm³/mol. The van der Waals surface area contributed by atoms with Crippen molar-refractivity contribution in [3.8, 4) is 0 Å². The summed E-state index contributed by atoms with van der Waals surface area (Å²) < 4.78 is 0. The lowest BCUT2D eigenvalue weighted by Gasteiger charge is -2.32. The van der Waals surface area contributed by atoms with Gasteiger partial charge in [0, 0.05) is 12.1 Å². The molecule has 2 unspecified atom stereocenters. The van der Waals surface area contributed by atoms with Crippen molar-refractivity contribution in [2.24, 2.45) is 11.8 Å². The monoisotopic (exact) mass is 316 g/mol. The second-order valence-electron chi connectivity index (χ2n) is 5.80. The summed E-state index contributed by atoms with van der Waals surface area (Å²) in [5, 5.41) is 14.9. The lowest BCUT2D eigenvalue weighted by molar-refractivity contribution is -0.384. The zero-order valence-corrected chi connectivity index (χ0v) is 13.0. The molecule has 2 atom stereocenters. The van der Waals surface area contributed by atoms with Crippen molar-refractivity contribution in [1.29, 1.82) is 0 Å². The first-order valence-electron chi connectivity index (χ1n) is 6.76. The Morgan fingerprint density at radius 1 is 1.15 bits per heavy atom. The quantitative estimate of drug-likeness (QED) is 0.620. The molecule has 110 valence electrons. The van der Waals surface area contributed by atoms with Gasteiger partial charge in [-0.2, -0.15) is 0 Å². The smallest absolute Gasteiger partial charge is 0.293 e. The van der Waals surface area contributed by atoms with Crippen LogP contribution in [0.2, 0.25) is 10.0 Å². The number of nitro groups is 1. The van der Waals surface area contributed by atoms with E-state index in [4.69, 9.17) is 23.2 Å². The number of hydrogen-bond acceptors (Lipinski definition) is 3. The standard InChI is InChI=1S/C14H18Cl2N2O2/c1-8-3-9(2)5-10(4-8)17-13-6-11(15)12(16)7-14(13)18(19)20/h6-10,17H,3-5H2,1-2H3. The summed E-state index contributed by atoms with van der Waals surface area (Å²) in [4.78, 5) is 10.7. The second-order valence-corrected chi connectivity index (χ2v) is 6.61. The number of nitrogens with one attached hydrogen (secondary N) is 1. The summed E-state index contributed by atoms with van der Waals surface area (Å²) in [7, 11) is 0. The van der Waals surface area contributed by atoms with Crippen molar-refractivity contribution in [1.82, 2.24) is 0 Å². The summed E-state index contributed by atoms with van der Waals surface area (Å²) in [6.45, 7) is 4.43. The minimum Gasteiger partial charge on any atom is -0.377 e. The Hall–Kier alpha value is -1.00. The molecule has 0 heterocycles. The van der Waals surface area contributed by atoms with E-state index in [1.807, 2.05) is 0 Å². The summed E-state index contributed by atoms with van der Waals surface area (Å²) >= 11 is 11.8. The first kappa shape index (κ1) is 15.4. The fraction of sp³-hybridized carbons (Fsp3) is 0.571. The number of benzene rings is 1. The highest BCUT2D eigenvalue weighted by atomic mass is 35.5. The van der Waals surface area contributed by atoms with Crippen molar-refractivity contribution in [2.45, 2.75) is 39.2 Å². The third-order valence-electron chi connectivity index (χ3n) is 3.77. The van der Waals surface area contributed by atoms with E-state index >= 15 is 0 Å². The summed E-state index contributed by atoms with van der Waals surface area (Å²) in [6.07, 6.45) is 3.24. The Balaban J connectivity index is 2.24. The van der Waals surface area contributed by atoms with Crippen LogP contribution in [-0.2, 0) is 0 Å². The van der Waals surface area contributed by atoms with Gasteiger partial charge in [0.15, 0.2) is 0 Å². The molecule has 1 aliphatic carbocycles. The average Bonchev–Trinajstić information content (AvgIpc) is 2.31. The molecule has 1 aromatic rings. The fourth-order valence-electron chi connectivity index (χ4n) is 3.09. The molecule has 1 saturated carbocycles. The Morgan fingerprint density at radius 2 is 1.70 bits per heavy atom. The first-order chi connectivity index (χ1) is 9.36. The molecule has 1 aromatic carbocycles. The minimum absolute atomic E-state index is 0.0229. The Kier molecular flexibility index (Phi) is 4.76. The maximum atomic E-state index is 11.1. The molecule has 2 rings (SSSR count). The normalized spacial score (nSPS) is 26.3. The van der Waals surface area contributed by atoms with E-state index in [2.05, 4.69) is 19.2 Å². The predicted octanol–water partition coefficient (Wildman–Crippen LogP) is 5.14. The van der Waals surface area contributed by atoms with Crippen LogP contribution in [0.1, 0.15) is 33.1 Å². The van der Waals surface area contributed by atoms with Gasteiger partial charge < -0.3 is 5.32 Å². The van der Waals surface area contributed by atoms with Crippen LogP contribution in [0.4, 0.5) is 11.4 Å². The lowest BCUT2D eigenvalue weighted by atomic mass is 9.80. The molecule has 20 heavy (non-hydrogen) atoms. The second kappa shape index (κ2) is 6.19.